The van der Waals surface area contributed by atoms with Crippen molar-refractivity contribution in [2.45, 2.75) is 52.2 Å². The maximum Gasteiger partial charge on any atom is 0.514 e. The first kappa shape index (κ1) is 12.6. The highest BCUT2D eigenvalue weighted by Crippen LogP contribution is 2.36. The summed E-state index contributed by atoms with van der Waals surface area (Å²) in [5.41, 5.74) is 1.51. The van der Waals surface area contributed by atoms with Crippen LogP contribution in [0.25, 0.3) is 0 Å². The van der Waals surface area contributed by atoms with Gasteiger partial charge in [-0.25, -0.2) is 0 Å². The Balaban J connectivity index is 2.25. The van der Waals surface area contributed by atoms with Gasteiger partial charge in [0.15, 0.2) is 0 Å². The van der Waals surface area contributed by atoms with Gasteiger partial charge < -0.3 is 9.31 Å². The first-order valence-electron chi connectivity index (χ1n) is 6.16. The number of rotatable bonds is 2. The Bertz CT molecular complexity index is 402. The Morgan fingerprint density at radius 1 is 1.18 bits per heavy atom. The summed E-state index contributed by atoms with van der Waals surface area (Å²) in [5.74, 6) is 0. The van der Waals surface area contributed by atoms with Crippen LogP contribution in [0.5, 0.6) is 0 Å². The molecule has 3 nitrogen and oxygen atoms in total. The van der Waals surface area contributed by atoms with Crippen LogP contribution in [0.4, 0.5) is 0 Å². The van der Waals surface area contributed by atoms with Gasteiger partial charge in [-0.1, -0.05) is 6.92 Å². The quantitative estimate of drug-likeness (QED) is 0.731. The zero-order valence-electron chi connectivity index (χ0n) is 11.3. The van der Waals surface area contributed by atoms with Crippen LogP contribution >= 0.6 is 0 Å². The van der Waals surface area contributed by atoms with Crippen LogP contribution in [-0.2, 0) is 15.7 Å². The lowest BCUT2D eigenvalue weighted by molar-refractivity contribution is 0.00578. The maximum atomic E-state index is 5.96. The number of hydrogen-bond acceptors (Lipinski definition) is 3. The molecule has 92 valence electrons. The van der Waals surface area contributed by atoms with Crippen molar-refractivity contribution in [2.24, 2.45) is 0 Å². The molecule has 1 aliphatic heterocycles. The summed E-state index contributed by atoms with van der Waals surface area (Å²) in [7, 11) is -0.355. The third-order valence-electron chi connectivity index (χ3n) is 3.75. The molecule has 0 saturated carbocycles. The Kier molecular flexibility index (Phi) is 3.04. The molecule has 4 heteroatoms. The highest BCUT2D eigenvalue weighted by Gasteiger charge is 2.52. The first-order valence-corrected chi connectivity index (χ1v) is 6.16. The van der Waals surface area contributed by atoms with Crippen LogP contribution in [0.1, 0.15) is 40.2 Å². The van der Waals surface area contributed by atoms with Gasteiger partial charge >= 0.3 is 7.12 Å². The second kappa shape index (κ2) is 4.11. The van der Waals surface area contributed by atoms with E-state index in [1.807, 2.05) is 12.3 Å². The fraction of sp³-hybridized carbons (Fsp3) is 0.615. The van der Waals surface area contributed by atoms with E-state index in [0.29, 0.717) is 0 Å². The fourth-order valence-corrected chi connectivity index (χ4v) is 1.81. The van der Waals surface area contributed by atoms with E-state index in [1.165, 1.54) is 5.56 Å². The SMILES string of the molecule is CCc1ccnc(B2OC(C)(C)C(C)(C)O2)c1. The summed E-state index contributed by atoms with van der Waals surface area (Å²) >= 11 is 0. The maximum absolute atomic E-state index is 5.96. The molecule has 1 aromatic heterocycles. The van der Waals surface area contributed by atoms with Crippen molar-refractivity contribution in [3.8, 4) is 0 Å². The van der Waals surface area contributed by atoms with Gasteiger partial charge in [0, 0.05) is 6.20 Å². The van der Waals surface area contributed by atoms with E-state index in [1.54, 1.807) is 0 Å². The summed E-state index contributed by atoms with van der Waals surface area (Å²) in [4.78, 5) is 4.35. The third kappa shape index (κ3) is 2.24. The van der Waals surface area contributed by atoms with E-state index in [0.717, 1.165) is 12.0 Å². The normalized spacial score (nSPS) is 21.8. The van der Waals surface area contributed by atoms with E-state index in [4.69, 9.17) is 9.31 Å². The monoisotopic (exact) mass is 233 g/mol. The zero-order chi connectivity index (χ0) is 12.7. The predicted molar refractivity (Wildman–Crippen MR) is 69.3 cm³/mol. The number of aryl methyl sites for hydroxylation is 1. The van der Waals surface area contributed by atoms with Gasteiger partial charge in [0.05, 0.1) is 16.8 Å². The Morgan fingerprint density at radius 3 is 2.29 bits per heavy atom. The molecule has 0 aliphatic carbocycles. The standard InChI is InChI=1S/C13H20BNO2/c1-6-10-7-8-15-11(9-10)14-16-12(2,3)13(4,5)17-14/h7-9H,6H2,1-5H3. The molecule has 0 atom stereocenters. The van der Waals surface area contributed by atoms with Crippen LogP contribution in [0.2, 0.25) is 0 Å². The smallest absolute Gasteiger partial charge is 0.398 e. The van der Waals surface area contributed by atoms with E-state index >= 15 is 0 Å². The van der Waals surface area contributed by atoms with Gasteiger partial charge in [-0.3, -0.25) is 4.98 Å². The predicted octanol–water partition coefficient (Wildman–Crippen LogP) is 1.94. The highest BCUT2D eigenvalue weighted by atomic mass is 16.7. The lowest BCUT2D eigenvalue weighted by atomic mass is 9.83. The molecule has 0 N–H and O–H groups in total. The molecule has 1 saturated heterocycles. The van der Waals surface area contributed by atoms with Gasteiger partial charge in [0.2, 0.25) is 0 Å². The minimum atomic E-state index is -0.355. The zero-order valence-corrected chi connectivity index (χ0v) is 11.3. The molecule has 0 radical (unpaired) electrons. The molecule has 0 aromatic carbocycles. The van der Waals surface area contributed by atoms with E-state index in [-0.39, 0.29) is 18.3 Å². The molecule has 17 heavy (non-hydrogen) atoms. The summed E-state index contributed by atoms with van der Waals surface area (Å²) in [6, 6.07) is 4.08. The summed E-state index contributed by atoms with van der Waals surface area (Å²) in [6.45, 7) is 10.3. The topological polar surface area (TPSA) is 31.4 Å². The largest absolute Gasteiger partial charge is 0.514 e. The molecule has 1 fully saturated rings. The molecule has 2 heterocycles. The van der Waals surface area contributed by atoms with Crippen LogP contribution in [0.3, 0.4) is 0 Å². The minimum Gasteiger partial charge on any atom is -0.398 e. The lowest BCUT2D eigenvalue weighted by Gasteiger charge is -2.32. The van der Waals surface area contributed by atoms with Gasteiger partial charge in [0.25, 0.3) is 0 Å². The van der Waals surface area contributed by atoms with Crippen LogP contribution in [0, 0.1) is 0 Å². The van der Waals surface area contributed by atoms with Crippen LogP contribution in [0.15, 0.2) is 18.3 Å². The lowest BCUT2D eigenvalue weighted by Crippen LogP contribution is -2.41. The first-order chi connectivity index (χ1) is 7.86. The van der Waals surface area contributed by atoms with Crippen molar-refractivity contribution in [2.75, 3.05) is 0 Å². The fourth-order valence-electron chi connectivity index (χ4n) is 1.81. The minimum absolute atomic E-state index is 0.304. The second-order valence-corrected chi connectivity index (χ2v) is 5.53. The van der Waals surface area contributed by atoms with Crippen molar-refractivity contribution in [3.05, 3.63) is 23.9 Å². The van der Waals surface area contributed by atoms with E-state index in [2.05, 4.69) is 45.7 Å². The van der Waals surface area contributed by atoms with Crippen molar-refractivity contribution < 1.29 is 9.31 Å². The third-order valence-corrected chi connectivity index (χ3v) is 3.75. The summed E-state index contributed by atoms with van der Waals surface area (Å²) in [5, 5.41) is 0. The average molecular weight is 233 g/mol. The van der Waals surface area contributed by atoms with E-state index < -0.39 is 0 Å². The van der Waals surface area contributed by atoms with Crippen molar-refractivity contribution in [3.63, 3.8) is 0 Å². The van der Waals surface area contributed by atoms with Crippen molar-refractivity contribution in [1.29, 1.82) is 0 Å². The molecule has 0 bridgehead atoms. The number of pyridine rings is 1. The average Bonchev–Trinajstić information content (AvgIpc) is 2.48. The molecule has 2 rings (SSSR count). The molecule has 0 spiro atoms. The summed E-state index contributed by atoms with van der Waals surface area (Å²) in [6.07, 6.45) is 2.81. The van der Waals surface area contributed by atoms with Crippen LogP contribution in [-0.4, -0.2) is 23.3 Å². The Hall–Kier alpha value is -0.865. The van der Waals surface area contributed by atoms with Crippen molar-refractivity contribution in [1.82, 2.24) is 4.98 Å². The van der Waals surface area contributed by atoms with E-state index in [9.17, 15) is 0 Å². The molecular weight excluding hydrogens is 213 g/mol. The number of aromatic nitrogens is 1. The van der Waals surface area contributed by atoms with Crippen molar-refractivity contribution >= 4 is 12.7 Å². The van der Waals surface area contributed by atoms with Crippen LogP contribution < -0.4 is 5.59 Å². The van der Waals surface area contributed by atoms with Gasteiger partial charge in [-0.15, -0.1) is 0 Å². The Morgan fingerprint density at radius 2 is 1.76 bits per heavy atom. The highest BCUT2D eigenvalue weighted by molar-refractivity contribution is 6.61. The molecule has 1 aliphatic rings. The molecule has 1 aromatic rings. The Labute approximate surface area is 104 Å². The summed E-state index contributed by atoms with van der Waals surface area (Å²) < 4.78 is 11.9. The molecule has 0 unspecified atom stereocenters. The number of nitrogens with zero attached hydrogens (tertiary/aromatic N) is 1. The number of hydrogen-bond donors (Lipinski definition) is 0. The van der Waals surface area contributed by atoms with Gasteiger partial charge in [0.1, 0.15) is 0 Å². The second-order valence-electron chi connectivity index (χ2n) is 5.53. The van der Waals surface area contributed by atoms with Gasteiger partial charge in [-0.2, -0.15) is 0 Å². The molecule has 0 amide bonds. The van der Waals surface area contributed by atoms with Gasteiger partial charge in [-0.05, 0) is 51.8 Å². The molecular formula is C13H20BNO2.